The van der Waals surface area contributed by atoms with Gasteiger partial charge in [-0.05, 0) is 69.2 Å². The Bertz CT molecular complexity index is 1460. The van der Waals surface area contributed by atoms with Gasteiger partial charge in [-0.2, -0.15) is 5.10 Å². The van der Waals surface area contributed by atoms with Crippen LogP contribution in [-0.2, 0) is 16.4 Å². The zero-order valence-corrected chi connectivity index (χ0v) is 21.8. The van der Waals surface area contributed by atoms with Crippen LogP contribution in [0.2, 0.25) is 0 Å². The molecule has 0 fully saturated rings. The summed E-state index contributed by atoms with van der Waals surface area (Å²) < 4.78 is 24.8. The molecule has 8 nitrogen and oxygen atoms in total. The van der Waals surface area contributed by atoms with E-state index in [1.165, 1.54) is 0 Å². The van der Waals surface area contributed by atoms with E-state index >= 15 is 0 Å². The van der Waals surface area contributed by atoms with Gasteiger partial charge < -0.3 is 10.2 Å². The topological polar surface area (TPSA) is 108 Å². The third-order valence-electron chi connectivity index (χ3n) is 6.29. The lowest BCUT2D eigenvalue weighted by atomic mass is 10.1. The summed E-state index contributed by atoms with van der Waals surface area (Å²) in [6.07, 6.45) is 1.67. The van der Waals surface area contributed by atoms with Crippen molar-refractivity contribution in [3.8, 4) is 11.1 Å². The SMILES string of the molecule is CCN(CC)c1ccc(CNC(=O)c2n[nH]c3ncc(-c4ccc(S(=O)(=O)C(C)C)cc4)cc23)cc1. The minimum Gasteiger partial charge on any atom is -0.372 e. The minimum atomic E-state index is -3.34. The first-order chi connectivity index (χ1) is 17.2. The smallest absolute Gasteiger partial charge is 0.272 e. The van der Waals surface area contributed by atoms with Crippen molar-refractivity contribution in [2.45, 2.75) is 44.4 Å². The number of hydrogen-bond donors (Lipinski definition) is 2. The van der Waals surface area contributed by atoms with Crippen LogP contribution < -0.4 is 10.2 Å². The van der Waals surface area contributed by atoms with Crippen molar-refractivity contribution in [3.05, 3.63) is 72.1 Å². The molecule has 0 bridgehead atoms. The number of nitrogens with one attached hydrogen (secondary N) is 2. The van der Waals surface area contributed by atoms with Crippen LogP contribution in [0.1, 0.15) is 43.7 Å². The molecule has 0 radical (unpaired) electrons. The summed E-state index contributed by atoms with van der Waals surface area (Å²) in [6.45, 7) is 9.83. The molecule has 0 spiro atoms. The fourth-order valence-electron chi connectivity index (χ4n) is 4.02. The lowest BCUT2D eigenvalue weighted by molar-refractivity contribution is 0.0947. The van der Waals surface area contributed by atoms with Gasteiger partial charge in [0.05, 0.1) is 15.5 Å². The van der Waals surface area contributed by atoms with Gasteiger partial charge in [0.2, 0.25) is 0 Å². The number of nitrogens with zero attached hydrogens (tertiary/aromatic N) is 3. The molecule has 4 aromatic rings. The van der Waals surface area contributed by atoms with Gasteiger partial charge in [0.15, 0.2) is 21.2 Å². The van der Waals surface area contributed by atoms with E-state index in [0.29, 0.717) is 17.6 Å². The average molecular weight is 506 g/mol. The van der Waals surface area contributed by atoms with Crippen molar-refractivity contribution in [2.24, 2.45) is 0 Å². The number of sulfone groups is 1. The molecular weight excluding hydrogens is 474 g/mol. The summed E-state index contributed by atoms with van der Waals surface area (Å²) in [7, 11) is -3.34. The van der Waals surface area contributed by atoms with Crippen LogP contribution in [0.5, 0.6) is 0 Å². The number of benzene rings is 2. The van der Waals surface area contributed by atoms with Gasteiger partial charge in [0, 0.05) is 37.1 Å². The van der Waals surface area contributed by atoms with Gasteiger partial charge in [-0.3, -0.25) is 9.89 Å². The molecule has 0 saturated carbocycles. The summed E-state index contributed by atoms with van der Waals surface area (Å²) in [6, 6.07) is 16.7. The molecule has 0 aliphatic rings. The van der Waals surface area contributed by atoms with Crippen LogP contribution in [0.25, 0.3) is 22.2 Å². The molecule has 2 aromatic carbocycles. The number of fused-ring (bicyclic) bond motifs is 1. The van der Waals surface area contributed by atoms with E-state index in [-0.39, 0.29) is 16.5 Å². The predicted molar refractivity (Wildman–Crippen MR) is 143 cm³/mol. The van der Waals surface area contributed by atoms with Crippen molar-refractivity contribution >= 4 is 32.5 Å². The van der Waals surface area contributed by atoms with Gasteiger partial charge >= 0.3 is 0 Å². The van der Waals surface area contributed by atoms with Crippen molar-refractivity contribution in [3.63, 3.8) is 0 Å². The summed E-state index contributed by atoms with van der Waals surface area (Å²) in [5, 5.41) is 10.0. The third-order valence-corrected chi connectivity index (χ3v) is 8.46. The third kappa shape index (κ3) is 5.11. The van der Waals surface area contributed by atoms with E-state index in [0.717, 1.165) is 35.5 Å². The molecule has 2 heterocycles. The highest BCUT2D eigenvalue weighted by molar-refractivity contribution is 7.92. The van der Waals surface area contributed by atoms with Crippen LogP contribution in [0, 0.1) is 0 Å². The van der Waals surface area contributed by atoms with Crippen molar-refractivity contribution in [1.82, 2.24) is 20.5 Å². The molecule has 2 N–H and O–H groups in total. The zero-order valence-electron chi connectivity index (χ0n) is 20.9. The van der Waals surface area contributed by atoms with Crippen LogP contribution in [0.3, 0.4) is 0 Å². The monoisotopic (exact) mass is 505 g/mol. The molecule has 0 atom stereocenters. The first-order valence-electron chi connectivity index (χ1n) is 12.0. The number of aromatic nitrogens is 3. The Hall–Kier alpha value is -3.72. The van der Waals surface area contributed by atoms with E-state index in [9.17, 15) is 13.2 Å². The minimum absolute atomic E-state index is 0.262. The highest BCUT2D eigenvalue weighted by Gasteiger charge is 2.19. The molecule has 0 saturated heterocycles. The van der Waals surface area contributed by atoms with Crippen LogP contribution in [-0.4, -0.2) is 47.8 Å². The Balaban J connectivity index is 1.51. The second-order valence-electron chi connectivity index (χ2n) is 8.83. The number of H-pyrrole nitrogens is 1. The molecule has 36 heavy (non-hydrogen) atoms. The maximum Gasteiger partial charge on any atom is 0.272 e. The molecule has 9 heteroatoms. The zero-order chi connectivity index (χ0) is 25.9. The number of aromatic amines is 1. The lowest BCUT2D eigenvalue weighted by Gasteiger charge is -2.21. The highest BCUT2D eigenvalue weighted by Crippen LogP contribution is 2.26. The van der Waals surface area contributed by atoms with Gasteiger partial charge in [-0.1, -0.05) is 24.3 Å². The van der Waals surface area contributed by atoms with Crippen molar-refractivity contribution in [1.29, 1.82) is 0 Å². The van der Waals surface area contributed by atoms with Crippen LogP contribution in [0.4, 0.5) is 5.69 Å². The van der Waals surface area contributed by atoms with E-state index < -0.39 is 15.1 Å². The Kier molecular flexibility index (Phi) is 7.40. The van der Waals surface area contributed by atoms with Crippen molar-refractivity contribution < 1.29 is 13.2 Å². The summed E-state index contributed by atoms with van der Waals surface area (Å²) in [5.74, 6) is -0.300. The average Bonchev–Trinajstić information content (AvgIpc) is 3.32. The number of carbonyl (C=O) groups excluding carboxylic acids is 1. The first kappa shape index (κ1) is 25.4. The quantitative estimate of drug-likeness (QED) is 0.345. The van der Waals surface area contributed by atoms with Gasteiger partial charge in [0.1, 0.15) is 0 Å². The Morgan fingerprint density at radius 2 is 1.67 bits per heavy atom. The molecule has 188 valence electrons. The van der Waals surface area contributed by atoms with Gasteiger partial charge in [-0.15, -0.1) is 0 Å². The fourth-order valence-corrected chi connectivity index (χ4v) is 5.08. The standard InChI is InChI=1S/C27H31N5O3S/c1-5-32(6-2)22-11-7-19(8-12-22)16-29-27(33)25-24-15-21(17-28-26(24)31-30-25)20-9-13-23(14-10-20)36(34,35)18(3)4/h7-15,17-18H,5-6,16H2,1-4H3,(H,29,33)(H,28,30,31). The van der Waals surface area contributed by atoms with E-state index in [1.807, 2.05) is 18.2 Å². The number of carbonyl (C=O) groups is 1. The van der Waals surface area contributed by atoms with E-state index in [2.05, 4.69) is 51.4 Å². The second-order valence-corrected chi connectivity index (χ2v) is 11.3. The van der Waals surface area contributed by atoms with E-state index in [1.54, 1.807) is 44.3 Å². The Labute approximate surface area is 211 Å². The first-order valence-corrected chi connectivity index (χ1v) is 13.6. The number of rotatable bonds is 9. The maximum atomic E-state index is 12.9. The number of anilines is 1. The maximum absolute atomic E-state index is 12.9. The molecule has 2 aromatic heterocycles. The van der Waals surface area contributed by atoms with Crippen molar-refractivity contribution in [2.75, 3.05) is 18.0 Å². The number of hydrogen-bond acceptors (Lipinski definition) is 6. The summed E-state index contributed by atoms with van der Waals surface area (Å²) >= 11 is 0. The largest absolute Gasteiger partial charge is 0.372 e. The summed E-state index contributed by atoms with van der Waals surface area (Å²) in [5.41, 5.74) is 4.48. The lowest BCUT2D eigenvalue weighted by Crippen LogP contribution is -2.24. The number of pyridine rings is 1. The molecule has 1 amide bonds. The van der Waals surface area contributed by atoms with Crippen LogP contribution >= 0.6 is 0 Å². The number of amides is 1. The summed E-state index contributed by atoms with van der Waals surface area (Å²) in [4.78, 5) is 19.9. The van der Waals surface area contributed by atoms with Gasteiger partial charge in [0.25, 0.3) is 5.91 Å². The fraction of sp³-hybridized carbons (Fsp3) is 0.296. The molecular formula is C27H31N5O3S. The van der Waals surface area contributed by atoms with Gasteiger partial charge in [-0.25, -0.2) is 13.4 Å². The molecule has 0 aliphatic carbocycles. The molecule has 0 aliphatic heterocycles. The normalized spacial score (nSPS) is 11.7. The Morgan fingerprint density at radius 3 is 2.28 bits per heavy atom. The highest BCUT2D eigenvalue weighted by atomic mass is 32.2. The molecule has 4 rings (SSSR count). The second kappa shape index (κ2) is 10.5. The predicted octanol–water partition coefficient (Wildman–Crippen LogP) is 4.58. The molecule has 0 unspecified atom stereocenters. The Morgan fingerprint density at radius 1 is 1.00 bits per heavy atom. The van der Waals surface area contributed by atoms with E-state index in [4.69, 9.17) is 0 Å². The van der Waals surface area contributed by atoms with Crippen LogP contribution in [0.15, 0.2) is 65.7 Å².